The Bertz CT molecular complexity index is 1010. The third kappa shape index (κ3) is 6.98. The smallest absolute Gasteiger partial charge is 0.330 e. The van der Waals surface area contributed by atoms with Crippen LogP contribution in [0.1, 0.15) is 69.4 Å². The zero-order valence-electron chi connectivity index (χ0n) is 21.9. The molecule has 2 fully saturated rings. The van der Waals surface area contributed by atoms with Crippen LogP contribution >= 0.6 is 0 Å². The SMILES string of the molecule is CCCCCCCCNC(=O)C1COC([C@H]2C3CCC(O3)C2Cc2cc(F)ccc2C=CC(=O)OC)=N1. The summed E-state index contributed by atoms with van der Waals surface area (Å²) in [6.45, 7) is 3.10. The molecule has 1 aromatic carbocycles. The second-order valence-corrected chi connectivity index (χ2v) is 10.2. The van der Waals surface area contributed by atoms with Gasteiger partial charge in [0, 0.05) is 18.5 Å². The van der Waals surface area contributed by atoms with Crippen molar-refractivity contribution in [2.45, 2.75) is 83.0 Å². The minimum absolute atomic E-state index is 0.0127. The van der Waals surface area contributed by atoms with Gasteiger partial charge in [-0.1, -0.05) is 45.1 Å². The second kappa shape index (κ2) is 13.2. The van der Waals surface area contributed by atoms with E-state index in [-0.39, 0.29) is 42.4 Å². The molecule has 0 spiro atoms. The molecule has 3 heterocycles. The van der Waals surface area contributed by atoms with Crippen molar-refractivity contribution < 1.29 is 28.2 Å². The highest BCUT2D eigenvalue weighted by molar-refractivity contribution is 5.90. The standard InChI is InChI=1S/C29H39FN2O5/c1-3-4-5-6-7-8-15-31-28(34)23-18-36-29(32-23)27-22(24-12-13-25(27)37-24)17-20-16-21(30)11-9-19(20)10-14-26(33)35-2/h9-11,14,16,22-25,27H,3-8,12-13,15,17-18H2,1-2H3,(H,31,34)/t22?,23?,24?,25?,27-/m1/s1. The molecule has 2 bridgehead atoms. The number of carbonyl (C=O) groups is 2. The highest BCUT2D eigenvalue weighted by Gasteiger charge is 2.53. The molecule has 5 atom stereocenters. The van der Waals surface area contributed by atoms with Gasteiger partial charge in [-0.3, -0.25) is 4.79 Å². The van der Waals surface area contributed by atoms with Crippen LogP contribution in [0.2, 0.25) is 0 Å². The Morgan fingerprint density at radius 1 is 1.16 bits per heavy atom. The van der Waals surface area contributed by atoms with Gasteiger partial charge in [0.15, 0.2) is 11.9 Å². The first-order valence-electron chi connectivity index (χ1n) is 13.7. The first-order chi connectivity index (χ1) is 18.0. The van der Waals surface area contributed by atoms with Crippen LogP contribution in [0, 0.1) is 17.7 Å². The molecule has 0 radical (unpaired) electrons. The first kappa shape index (κ1) is 27.3. The molecule has 2 saturated heterocycles. The predicted octanol–water partition coefficient (Wildman–Crippen LogP) is 4.62. The summed E-state index contributed by atoms with van der Waals surface area (Å²) in [7, 11) is 1.32. The van der Waals surface area contributed by atoms with E-state index in [0.29, 0.717) is 18.9 Å². The summed E-state index contributed by atoms with van der Waals surface area (Å²) in [5, 5.41) is 3.01. The Hall–Kier alpha value is -2.74. The van der Waals surface area contributed by atoms with Crippen LogP contribution in [-0.2, 0) is 30.2 Å². The maximum Gasteiger partial charge on any atom is 0.330 e. The average Bonchev–Trinajstić information content (AvgIpc) is 3.64. The Balaban J connectivity index is 1.39. The summed E-state index contributed by atoms with van der Waals surface area (Å²) in [5.74, 6) is -0.330. The number of halogens is 1. The van der Waals surface area contributed by atoms with E-state index in [0.717, 1.165) is 36.8 Å². The van der Waals surface area contributed by atoms with E-state index in [9.17, 15) is 14.0 Å². The third-order valence-corrected chi connectivity index (χ3v) is 7.67. The Morgan fingerprint density at radius 3 is 2.76 bits per heavy atom. The highest BCUT2D eigenvalue weighted by Crippen LogP contribution is 2.46. The van der Waals surface area contributed by atoms with Gasteiger partial charge in [-0.2, -0.15) is 0 Å². The van der Waals surface area contributed by atoms with Crippen molar-refractivity contribution in [1.82, 2.24) is 5.32 Å². The van der Waals surface area contributed by atoms with E-state index >= 15 is 0 Å². The van der Waals surface area contributed by atoms with Crippen molar-refractivity contribution in [1.29, 1.82) is 0 Å². The molecule has 4 unspecified atom stereocenters. The zero-order chi connectivity index (χ0) is 26.2. The number of fused-ring (bicyclic) bond motifs is 2. The van der Waals surface area contributed by atoms with Gasteiger partial charge in [0.25, 0.3) is 0 Å². The molecule has 0 aliphatic carbocycles. The van der Waals surface area contributed by atoms with Gasteiger partial charge in [-0.15, -0.1) is 0 Å². The largest absolute Gasteiger partial charge is 0.478 e. The van der Waals surface area contributed by atoms with Gasteiger partial charge in [-0.05, 0) is 55.0 Å². The molecule has 3 aliphatic rings. The van der Waals surface area contributed by atoms with Gasteiger partial charge in [0.2, 0.25) is 5.91 Å². The van der Waals surface area contributed by atoms with Crippen molar-refractivity contribution in [3.8, 4) is 0 Å². The van der Waals surface area contributed by atoms with Gasteiger partial charge in [0.1, 0.15) is 12.4 Å². The lowest BCUT2D eigenvalue weighted by molar-refractivity contribution is -0.134. The normalized spacial score (nSPS) is 26.4. The number of benzene rings is 1. The zero-order valence-corrected chi connectivity index (χ0v) is 21.9. The fourth-order valence-electron chi connectivity index (χ4n) is 5.71. The van der Waals surface area contributed by atoms with Gasteiger partial charge >= 0.3 is 5.97 Å². The van der Waals surface area contributed by atoms with E-state index in [1.807, 2.05) is 0 Å². The summed E-state index contributed by atoms with van der Waals surface area (Å²) in [4.78, 5) is 29.0. The lowest BCUT2D eigenvalue weighted by Crippen LogP contribution is -2.35. The van der Waals surface area contributed by atoms with E-state index in [2.05, 4.69) is 22.0 Å². The van der Waals surface area contributed by atoms with Crippen LogP contribution in [0.25, 0.3) is 6.08 Å². The fourth-order valence-corrected chi connectivity index (χ4v) is 5.71. The van der Waals surface area contributed by atoms with Crippen LogP contribution in [0.3, 0.4) is 0 Å². The number of esters is 1. The molecule has 1 aromatic rings. The minimum atomic E-state index is -0.539. The molecular weight excluding hydrogens is 475 g/mol. The number of methoxy groups -OCH3 is 1. The number of hydrogen-bond acceptors (Lipinski definition) is 6. The van der Waals surface area contributed by atoms with Gasteiger partial charge in [-0.25, -0.2) is 14.2 Å². The maximum absolute atomic E-state index is 14.2. The molecule has 37 heavy (non-hydrogen) atoms. The first-order valence-corrected chi connectivity index (χ1v) is 13.7. The molecule has 3 aliphatic heterocycles. The predicted molar refractivity (Wildman–Crippen MR) is 140 cm³/mol. The molecular formula is C29H39FN2O5. The monoisotopic (exact) mass is 514 g/mol. The van der Waals surface area contributed by atoms with Gasteiger partial charge < -0.3 is 19.5 Å². The van der Waals surface area contributed by atoms with Crippen molar-refractivity contribution in [3.05, 3.63) is 41.2 Å². The number of ether oxygens (including phenoxy) is 3. The molecule has 4 rings (SSSR count). The number of carbonyl (C=O) groups excluding carboxylic acids is 2. The number of nitrogens with one attached hydrogen (secondary N) is 1. The molecule has 7 nitrogen and oxygen atoms in total. The maximum atomic E-state index is 14.2. The molecule has 0 saturated carbocycles. The second-order valence-electron chi connectivity index (χ2n) is 10.2. The van der Waals surface area contributed by atoms with Crippen molar-refractivity contribution in [2.75, 3.05) is 20.3 Å². The van der Waals surface area contributed by atoms with Crippen LogP contribution in [0.15, 0.2) is 29.3 Å². The summed E-state index contributed by atoms with van der Waals surface area (Å²) in [6.07, 6.45) is 12.5. The molecule has 8 heteroatoms. The van der Waals surface area contributed by atoms with Gasteiger partial charge in [0.05, 0.1) is 25.2 Å². The highest BCUT2D eigenvalue weighted by atomic mass is 19.1. The number of amides is 1. The average molecular weight is 515 g/mol. The Labute approximate surface area is 218 Å². The lowest BCUT2D eigenvalue weighted by atomic mass is 9.75. The van der Waals surface area contributed by atoms with Crippen LogP contribution in [0.5, 0.6) is 0 Å². The van der Waals surface area contributed by atoms with Crippen LogP contribution < -0.4 is 5.32 Å². The fraction of sp³-hybridized carbons (Fsp3) is 0.621. The molecule has 1 N–H and O–H groups in total. The van der Waals surface area contributed by atoms with Crippen LogP contribution in [-0.4, -0.2) is 56.3 Å². The topological polar surface area (TPSA) is 86.2 Å². The summed E-state index contributed by atoms with van der Waals surface area (Å²) in [6, 6.07) is 4.02. The van der Waals surface area contributed by atoms with E-state index < -0.39 is 12.0 Å². The number of aliphatic imine (C=N–C) groups is 1. The van der Waals surface area contributed by atoms with E-state index in [1.165, 1.54) is 51.0 Å². The quantitative estimate of drug-likeness (QED) is 0.236. The third-order valence-electron chi connectivity index (χ3n) is 7.67. The Morgan fingerprint density at radius 2 is 1.95 bits per heavy atom. The van der Waals surface area contributed by atoms with Crippen molar-refractivity contribution in [2.24, 2.45) is 16.8 Å². The molecule has 202 valence electrons. The Kier molecular flexibility index (Phi) is 9.72. The number of rotatable bonds is 13. The van der Waals surface area contributed by atoms with Crippen LogP contribution in [0.4, 0.5) is 4.39 Å². The van der Waals surface area contributed by atoms with Crippen molar-refractivity contribution in [3.63, 3.8) is 0 Å². The number of hydrogen-bond donors (Lipinski definition) is 1. The minimum Gasteiger partial charge on any atom is -0.478 e. The lowest BCUT2D eigenvalue weighted by Gasteiger charge is -2.28. The number of nitrogens with zero attached hydrogens (tertiary/aromatic N) is 1. The molecule has 1 amide bonds. The summed E-state index contributed by atoms with van der Waals surface area (Å²) < 4.78 is 31.1. The number of unbranched alkanes of at least 4 members (excludes halogenated alkanes) is 5. The van der Waals surface area contributed by atoms with Crippen molar-refractivity contribution >= 4 is 23.9 Å². The molecule has 0 aromatic heterocycles. The summed E-state index contributed by atoms with van der Waals surface area (Å²) in [5.41, 5.74) is 1.55. The summed E-state index contributed by atoms with van der Waals surface area (Å²) >= 11 is 0. The van der Waals surface area contributed by atoms with E-state index in [4.69, 9.17) is 9.47 Å². The van der Waals surface area contributed by atoms with E-state index in [1.54, 1.807) is 12.1 Å².